The Hall–Kier alpha value is -1.85. The zero-order valence-corrected chi connectivity index (χ0v) is 13.3. The number of nitrogens with zero attached hydrogens (tertiary/aromatic N) is 3. The molecule has 0 aliphatic carbocycles. The van der Waals surface area contributed by atoms with Gasteiger partial charge in [-0.3, -0.25) is 0 Å². The number of benzene rings is 1. The summed E-state index contributed by atoms with van der Waals surface area (Å²) in [7, 11) is 2.15. The molecule has 1 aromatic carbocycles. The Bertz CT molecular complexity index is 661. The summed E-state index contributed by atoms with van der Waals surface area (Å²) in [6.45, 7) is 3.15. The molecule has 1 aliphatic rings. The molecular weight excluding hydrogens is 298 g/mol. The number of nitrogens with two attached hydrogens (primary N) is 1. The molecule has 2 heterocycles. The second kappa shape index (κ2) is 6.50. The summed E-state index contributed by atoms with van der Waals surface area (Å²) in [6.07, 6.45) is 2.95. The molecule has 22 heavy (non-hydrogen) atoms. The molecule has 1 fully saturated rings. The lowest BCUT2D eigenvalue weighted by Gasteiger charge is -2.15. The quantitative estimate of drug-likeness (QED) is 0.907. The summed E-state index contributed by atoms with van der Waals surface area (Å²) in [4.78, 5) is 10.8. The number of nitrogen functional groups attached to an aromatic ring is 1. The molecule has 3 rings (SSSR count). The van der Waals surface area contributed by atoms with E-state index in [1.807, 2.05) is 24.3 Å². The van der Waals surface area contributed by atoms with Gasteiger partial charge in [-0.15, -0.1) is 0 Å². The van der Waals surface area contributed by atoms with E-state index in [1.165, 1.54) is 6.42 Å². The van der Waals surface area contributed by atoms with E-state index in [-0.39, 0.29) is 5.95 Å². The number of likely N-dealkylation sites (tertiary alicyclic amines) is 1. The normalized spacial score (nSPS) is 18.5. The summed E-state index contributed by atoms with van der Waals surface area (Å²) < 4.78 is 0. The molecule has 0 saturated carbocycles. The van der Waals surface area contributed by atoms with Gasteiger partial charge in [0.25, 0.3) is 0 Å². The second-order valence-corrected chi connectivity index (χ2v) is 6.24. The van der Waals surface area contributed by atoms with Gasteiger partial charge in [-0.1, -0.05) is 23.7 Å². The molecule has 0 amide bonds. The zero-order valence-electron chi connectivity index (χ0n) is 12.6. The smallest absolute Gasteiger partial charge is 0.221 e. The monoisotopic (exact) mass is 317 g/mol. The van der Waals surface area contributed by atoms with Crippen molar-refractivity contribution in [3.05, 3.63) is 35.5 Å². The first-order valence-corrected chi connectivity index (χ1v) is 7.80. The molecule has 6 heteroatoms. The van der Waals surface area contributed by atoms with Gasteiger partial charge < -0.3 is 16.0 Å². The Labute approximate surface area is 135 Å². The van der Waals surface area contributed by atoms with Crippen LogP contribution in [-0.2, 0) is 0 Å². The van der Waals surface area contributed by atoms with E-state index in [2.05, 4.69) is 27.2 Å². The van der Waals surface area contributed by atoms with Crippen molar-refractivity contribution in [2.24, 2.45) is 5.92 Å². The van der Waals surface area contributed by atoms with Crippen molar-refractivity contribution < 1.29 is 0 Å². The van der Waals surface area contributed by atoms with Crippen LogP contribution in [0.2, 0.25) is 5.02 Å². The lowest BCUT2D eigenvalue weighted by Crippen LogP contribution is -2.20. The van der Waals surface area contributed by atoms with Gasteiger partial charge in [-0.2, -0.15) is 4.98 Å². The fourth-order valence-electron chi connectivity index (χ4n) is 2.83. The molecular formula is C16H20ClN5. The maximum atomic E-state index is 6.08. The van der Waals surface area contributed by atoms with Crippen molar-refractivity contribution in [1.29, 1.82) is 0 Å². The van der Waals surface area contributed by atoms with Crippen LogP contribution in [0.1, 0.15) is 6.42 Å². The van der Waals surface area contributed by atoms with E-state index >= 15 is 0 Å². The highest BCUT2D eigenvalue weighted by Crippen LogP contribution is 2.28. The van der Waals surface area contributed by atoms with E-state index in [1.54, 1.807) is 6.20 Å². The van der Waals surface area contributed by atoms with Crippen molar-refractivity contribution >= 4 is 23.4 Å². The van der Waals surface area contributed by atoms with E-state index in [4.69, 9.17) is 17.3 Å². The third-order valence-corrected chi connectivity index (χ3v) is 4.23. The van der Waals surface area contributed by atoms with Crippen LogP contribution in [-0.4, -0.2) is 41.5 Å². The molecule has 5 nitrogen and oxygen atoms in total. The molecule has 0 radical (unpaired) electrons. The largest absolute Gasteiger partial charge is 0.369 e. The minimum Gasteiger partial charge on any atom is -0.369 e. The number of hydrogen-bond acceptors (Lipinski definition) is 5. The fraction of sp³-hybridized carbons (Fsp3) is 0.375. The third-order valence-electron chi connectivity index (χ3n) is 3.99. The third kappa shape index (κ3) is 3.48. The Balaban J connectivity index is 1.82. The molecule has 0 spiro atoms. The maximum Gasteiger partial charge on any atom is 0.221 e. The topological polar surface area (TPSA) is 67.1 Å². The summed E-state index contributed by atoms with van der Waals surface area (Å²) in [5, 5.41) is 4.13. The van der Waals surface area contributed by atoms with Gasteiger partial charge in [-0.25, -0.2) is 4.98 Å². The highest BCUT2D eigenvalue weighted by atomic mass is 35.5. The average molecular weight is 318 g/mol. The van der Waals surface area contributed by atoms with Crippen LogP contribution in [0.25, 0.3) is 11.1 Å². The van der Waals surface area contributed by atoms with Crippen molar-refractivity contribution in [3.63, 3.8) is 0 Å². The van der Waals surface area contributed by atoms with Gasteiger partial charge in [0.1, 0.15) is 5.82 Å². The van der Waals surface area contributed by atoms with E-state index < -0.39 is 0 Å². The number of rotatable bonds is 4. The Kier molecular flexibility index (Phi) is 4.45. The molecule has 1 atom stereocenters. The molecule has 1 aromatic heterocycles. The van der Waals surface area contributed by atoms with E-state index in [0.717, 1.165) is 36.6 Å². The van der Waals surface area contributed by atoms with Gasteiger partial charge >= 0.3 is 0 Å². The van der Waals surface area contributed by atoms with Gasteiger partial charge in [-0.05, 0) is 43.6 Å². The molecule has 3 N–H and O–H groups in total. The summed E-state index contributed by atoms with van der Waals surface area (Å²) in [5.74, 6) is 1.68. The van der Waals surface area contributed by atoms with Crippen LogP contribution >= 0.6 is 11.6 Å². The summed E-state index contributed by atoms with van der Waals surface area (Å²) >= 11 is 6.08. The van der Waals surface area contributed by atoms with Crippen molar-refractivity contribution in [3.8, 4) is 11.1 Å². The number of hydrogen-bond donors (Lipinski definition) is 2. The van der Waals surface area contributed by atoms with Crippen LogP contribution in [0.4, 0.5) is 11.8 Å². The number of anilines is 2. The molecule has 2 aromatic rings. The van der Waals surface area contributed by atoms with Crippen molar-refractivity contribution in [1.82, 2.24) is 14.9 Å². The first kappa shape index (κ1) is 15.1. The van der Waals surface area contributed by atoms with E-state index in [0.29, 0.717) is 10.9 Å². The van der Waals surface area contributed by atoms with Crippen LogP contribution < -0.4 is 11.1 Å². The standard InChI is InChI=1S/C16H20ClN5/c1-22-6-5-11(10-22)8-19-15-14(9-20-16(18)21-15)12-3-2-4-13(17)7-12/h2-4,7,9,11H,5-6,8,10H2,1H3,(H3,18,19,20,21)/t11-/m1/s1. The predicted octanol–water partition coefficient (Wildman–Crippen LogP) is 2.74. The Morgan fingerprint density at radius 3 is 3.05 bits per heavy atom. The SMILES string of the molecule is CN1CC[C@H](CNc2nc(N)ncc2-c2cccc(Cl)c2)C1. The highest BCUT2D eigenvalue weighted by molar-refractivity contribution is 6.30. The Morgan fingerprint density at radius 2 is 2.32 bits per heavy atom. The zero-order chi connectivity index (χ0) is 15.5. The van der Waals surface area contributed by atoms with Crippen LogP contribution in [0.5, 0.6) is 0 Å². The minimum absolute atomic E-state index is 0.275. The van der Waals surface area contributed by atoms with Crippen LogP contribution in [0.15, 0.2) is 30.5 Å². The average Bonchev–Trinajstić information content (AvgIpc) is 2.91. The van der Waals surface area contributed by atoms with Gasteiger partial charge in [0.05, 0.1) is 0 Å². The second-order valence-electron chi connectivity index (χ2n) is 5.80. The van der Waals surface area contributed by atoms with E-state index in [9.17, 15) is 0 Å². The number of aromatic nitrogens is 2. The molecule has 0 bridgehead atoms. The van der Waals surface area contributed by atoms with Crippen molar-refractivity contribution in [2.75, 3.05) is 37.7 Å². The van der Waals surface area contributed by atoms with Gasteiger partial charge in [0.15, 0.2) is 0 Å². The van der Waals surface area contributed by atoms with Crippen molar-refractivity contribution in [2.45, 2.75) is 6.42 Å². The Morgan fingerprint density at radius 1 is 1.45 bits per heavy atom. The minimum atomic E-state index is 0.275. The summed E-state index contributed by atoms with van der Waals surface area (Å²) in [5.41, 5.74) is 7.65. The van der Waals surface area contributed by atoms with Crippen LogP contribution in [0.3, 0.4) is 0 Å². The maximum absolute atomic E-state index is 6.08. The number of halogens is 1. The molecule has 0 unspecified atom stereocenters. The van der Waals surface area contributed by atoms with Gasteiger partial charge in [0, 0.05) is 29.9 Å². The first-order valence-electron chi connectivity index (χ1n) is 7.42. The lowest BCUT2D eigenvalue weighted by molar-refractivity contribution is 0.399. The molecule has 1 aliphatic heterocycles. The molecule has 116 valence electrons. The first-order chi connectivity index (χ1) is 10.6. The van der Waals surface area contributed by atoms with Crippen LogP contribution in [0, 0.1) is 5.92 Å². The predicted molar refractivity (Wildman–Crippen MR) is 91.0 cm³/mol. The van der Waals surface area contributed by atoms with Gasteiger partial charge in [0.2, 0.25) is 5.95 Å². The highest BCUT2D eigenvalue weighted by Gasteiger charge is 2.20. The summed E-state index contributed by atoms with van der Waals surface area (Å²) in [6, 6.07) is 7.68. The lowest BCUT2D eigenvalue weighted by atomic mass is 10.1. The number of nitrogens with one attached hydrogen (secondary N) is 1. The fourth-order valence-corrected chi connectivity index (χ4v) is 3.02. The molecule has 1 saturated heterocycles.